The standard InChI is InChI=1S/C20H22N2OS/c23-17-7-5-15(6-8-17)9-12-22-13-10-16(11-14-22)20-21-18-3-1-2-4-19(18)24-20/h1-8,16,23H,9-14H2. The Balaban J connectivity index is 1.32. The number of fused-ring (bicyclic) bond motifs is 1. The average molecular weight is 338 g/mol. The van der Waals surface area contributed by atoms with Crippen LogP contribution < -0.4 is 0 Å². The van der Waals surface area contributed by atoms with Crippen molar-refractivity contribution in [2.75, 3.05) is 19.6 Å². The Bertz CT molecular complexity index is 771. The zero-order valence-corrected chi connectivity index (χ0v) is 14.5. The molecule has 3 aromatic rings. The van der Waals surface area contributed by atoms with E-state index in [-0.39, 0.29) is 0 Å². The molecule has 3 nitrogen and oxygen atoms in total. The number of hydrogen-bond donors (Lipinski definition) is 1. The molecule has 0 aliphatic carbocycles. The Morgan fingerprint density at radius 1 is 1.04 bits per heavy atom. The summed E-state index contributed by atoms with van der Waals surface area (Å²) in [6.45, 7) is 3.40. The molecule has 1 fully saturated rings. The predicted octanol–water partition coefficient (Wildman–Crippen LogP) is 4.42. The molecule has 0 spiro atoms. The van der Waals surface area contributed by atoms with E-state index < -0.39 is 0 Å². The summed E-state index contributed by atoms with van der Waals surface area (Å²) in [5.41, 5.74) is 2.44. The number of aromatic hydroxyl groups is 1. The van der Waals surface area contributed by atoms with Crippen LogP contribution in [0.4, 0.5) is 0 Å². The van der Waals surface area contributed by atoms with Gasteiger partial charge in [-0.25, -0.2) is 4.98 Å². The normalized spacial score (nSPS) is 16.7. The van der Waals surface area contributed by atoms with Gasteiger partial charge in [-0.2, -0.15) is 0 Å². The summed E-state index contributed by atoms with van der Waals surface area (Å²) in [6, 6.07) is 16.0. The van der Waals surface area contributed by atoms with Crippen LogP contribution in [-0.2, 0) is 6.42 Å². The Labute approximate surface area is 146 Å². The van der Waals surface area contributed by atoms with Gasteiger partial charge in [0.25, 0.3) is 0 Å². The van der Waals surface area contributed by atoms with Crippen LogP contribution in [0.15, 0.2) is 48.5 Å². The van der Waals surface area contributed by atoms with E-state index in [2.05, 4.69) is 29.2 Å². The van der Waals surface area contributed by atoms with Gasteiger partial charge in [-0.1, -0.05) is 24.3 Å². The monoisotopic (exact) mass is 338 g/mol. The second kappa shape index (κ2) is 6.91. The largest absolute Gasteiger partial charge is 0.508 e. The molecule has 0 saturated carbocycles. The summed E-state index contributed by atoms with van der Waals surface area (Å²) in [7, 11) is 0. The lowest BCUT2D eigenvalue weighted by molar-refractivity contribution is 0.214. The van der Waals surface area contributed by atoms with Gasteiger partial charge in [-0.3, -0.25) is 0 Å². The zero-order valence-electron chi connectivity index (χ0n) is 13.7. The van der Waals surface area contributed by atoms with Gasteiger partial charge in [-0.15, -0.1) is 11.3 Å². The smallest absolute Gasteiger partial charge is 0.115 e. The van der Waals surface area contributed by atoms with Crippen molar-refractivity contribution >= 4 is 21.6 Å². The van der Waals surface area contributed by atoms with Crippen LogP contribution >= 0.6 is 11.3 Å². The zero-order chi connectivity index (χ0) is 16.4. The van der Waals surface area contributed by atoms with Crippen molar-refractivity contribution in [2.45, 2.75) is 25.2 Å². The van der Waals surface area contributed by atoms with Crippen LogP contribution in [0.3, 0.4) is 0 Å². The van der Waals surface area contributed by atoms with E-state index in [9.17, 15) is 5.11 Å². The molecule has 0 unspecified atom stereocenters. The first kappa shape index (κ1) is 15.6. The summed E-state index contributed by atoms with van der Waals surface area (Å²) in [6.07, 6.45) is 3.46. The van der Waals surface area contributed by atoms with Crippen molar-refractivity contribution in [2.24, 2.45) is 0 Å². The van der Waals surface area contributed by atoms with Crippen molar-refractivity contribution in [3.63, 3.8) is 0 Å². The molecule has 0 bridgehead atoms. The van der Waals surface area contributed by atoms with Crippen LogP contribution in [0.2, 0.25) is 0 Å². The molecular weight excluding hydrogens is 316 g/mol. The molecule has 1 N–H and O–H groups in total. The van der Waals surface area contributed by atoms with Crippen LogP contribution in [0, 0.1) is 0 Å². The number of hydrogen-bond acceptors (Lipinski definition) is 4. The summed E-state index contributed by atoms with van der Waals surface area (Å²) in [5.74, 6) is 0.961. The Morgan fingerprint density at radius 2 is 1.79 bits per heavy atom. The van der Waals surface area contributed by atoms with Crippen molar-refractivity contribution < 1.29 is 5.11 Å². The summed E-state index contributed by atoms with van der Waals surface area (Å²) < 4.78 is 1.31. The number of likely N-dealkylation sites (tertiary alicyclic amines) is 1. The molecule has 0 amide bonds. The van der Waals surface area contributed by atoms with E-state index >= 15 is 0 Å². The molecule has 24 heavy (non-hydrogen) atoms. The SMILES string of the molecule is Oc1ccc(CCN2CCC(c3nc4ccccc4s3)CC2)cc1. The topological polar surface area (TPSA) is 36.4 Å². The second-order valence-electron chi connectivity index (χ2n) is 6.55. The number of para-hydroxylation sites is 1. The maximum atomic E-state index is 9.35. The summed E-state index contributed by atoms with van der Waals surface area (Å²) in [5, 5.41) is 10.7. The van der Waals surface area contributed by atoms with E-state index in [1.54, 1.807) is 12.1 Å². The molecule has 124 valence electrons. The Hall–Kier alpha value is -1.91. The number of nitrogens with zero attached hydrogens (tertiary/aromatic N) is 2. The lowest BCUT2D eigenvalue weighted by Gasteiger charge is -2.31. The van der Waals surface area contributed by atoms with Crippen LogP contribution in [0.1, 0.15) is 29.3 Å². The molecule has 4 rings (SSSR count). The molecule has 2 aromatic carbocycles. The molecule has 1 aromatic heterocycles. The molecule has 0 atom stereocenters. The fraction of sp³-hybridized carbons (Fsp3) is 0.350. The first-order valence-corrected chi connectivity index (χ1v) is 9.45. The molecular formula is C20H22N2OS. The lowest BCUT2D eigenvalue weighted by Crippen LogP contribution is -2.34. The maximum Gasteiger partial charge on any atom is 0.115 e. The van der Waals surface area contributed by atoms with Crippen molar-refractivity contribution in [1.82, 2.24) is 9.88 Å². The first-order chi connectivity index (χ1) is 11.8. The van der Waals surface area contributed by atoms with E-state index in [0.29, 0.717) is 11.7 Å². The van der Waals surface area contributed by atoms with E-state index in [0.717, 1.165) is 31.6 Å². The first-order valence-electron chi connectivity index (χ1n) is 8.64. The highest BCUT2D eigenvalue weighted by atomic mass is 32.1. The van der Waals surface area contributed by atoms with Gasteiger partial charge in [0.15, 0.2) is 0 Å². The molecule has 2 heterocycles. The molecule has 1 saturated heterocycles. The van der Waals surface area contributed by atoms with Gasteiger partial charge in [0, 0.05) is 12.5 Å². The molecule has 1 aliphatic heterocycles. The van der Waals surface area contributed by atoms with Gasteiger partial charge in [-0.05, 0) is 62.2 Å². The van der Waals surface area contributed by atoms with Gasteiger partial charge < -0.3 is 10.0 Å². The van der Waals surface area contributed by atoms with Crippen molar-refractivity contribution in [1.29, 1.82) is 0 Å². The summed E-state index contributed by atoms with van der Waals surface area (Å²) in [4.78, 5) is 7.39. The number of phenols is 1. The van der Waals surface area contributed by atoms with Crippen molar-refractivity contribution in [3.8, 4) is 5.75 Å². The number of rotatable bonds is 4. The van der Waals surface area contributed by atoms with E-state index in [1.807, 2.05) is 23.5 Å². The number of phenolic OH excluding ortho intramolecular Hbond substituents is 1. The highest BCUT2D eigenvalue weighted by Gasteiger charge is 2.23. The van der Waals surface area contributed by atoms with Gasteiger partial charge in [0.05, 0.1) is 15.2 Å². The molecule has 1 aliphatic rings. The minimum atomic E-state index is 0.343. The number of benzene rings is 2. The number of aromatic nitrogens is 1. The fourth-order valence-corrected chi connectivity index (χ4v) is 4.55. The third kappa shape index (κ3) is 3.45. The maximum absolute atomic E-state index is 9.35. The Morgan fingerprint density at radius 3 is 2.54 bits per heavy atom. The quantitative estimate of drug-likeness (QED) is 0.765. The Kier molecular flexibility index (Phi) is 4.50. The van der Waals surface area contributed by atoms with Gasteiger partial charge in [0.1, 0.15) is 5.75 Å². The highest BCUT2D eigenvalue weighted by molar-refractivity contribution is 7.18. The number of thiazole rings is 1. The highest BCUT2D eigenvalue weighted by Crippen LogP contribution is 2.33. The molecule has 4 heteroatoms. The van der Waals surface area contributed by atoms with Gasteiger partial charge >= 0.3 is 0 Å². The van der Waals surface area contributed by atoms with Gasteiger partial charge in [0.2, 0.25) is 0 Å². The number of piperidine rings is 1. The minimum absolute atomic E-state index is 0.343. The third-order valence-electron chi connectivity index (χ3n) is 4.90. The average Bonchev–Trinajstić information content (AvgIpc) is 3.06. The van der Waals surface area contributed by atoms with E-state index in [1.165, 1.54) is 28.1 Å². The van der Waals surface area contributed by atoms with Crippen molar-refractivity contribution in [3.05, 3.63) is 59.1 Å². The second-order valence-corrected chi connectivity index (χ2v) is 7.61. The summed E-state index contributed by atoms with van der Waals surface area (Å²) >= 11 is 1.86. The molecule has 0 radical (unpaired) electrons. The van der Waals surface area contributed by atoms with Crippen LogP contribution in [0.25, 0.3) is 10.2 Å². The predicted molar refractivity (Wildman–Crippen MR) is 99.8 cm³/mol. The van der Waals surface area contributed by atoms with Crippen LogP contribution in [0.5, 0.6) is 5.75 Å². The minimum Gasteiger partial charge on any atom is -0.508 e. The fourth-order valence-electron chi connectivity index (χ4n) is 3.42. The van der Waals surface area contributed by atoms with Crippen LogP contribution in [-0.4, -0.2) is 34.6 Å². The third-order valence-corrected chi connectivity index (χ3v) is 6.10. The van der Waals surface area contributed by atoms with E-state index in [4.69, 9.17) is 4.98 Å². The lowest BCUT2D eigenvalue weighted by atomic mass is 9.97.